The van der Waals surface area contributed by atoms with E-state index in [2.05, 4.69) is 12.2 Å². The molecule has 0 aromatic heterocycles. The normalized spacial score (nSPS) is 11.9. The van der Waals surface area contributed by atoms with Crippen molar-refractivity contribution in [1.82, 2.24) is 0 Å². The van der Waals surface area contributed by atoms with Crippen LogP contribution in [-0.2, 0) is 0 Å². The molecule has 0 heterocycles. The maximum atomic E-state index is 12.0. The van der Waals surface area contributed by atoms with Crippen molar-refractivity contribution in [3.8, 4) is 0 Å². The Morgan fingerprint density at radius 2 is 1.81 bits per heavy atom. The lowest BCUT2D eigenvalue weighted by atomic mass is 10.2. The topological polar surface area (TPSA) is 26.0 Å². The van der Waals surface area contributed by atoms with Crippen LogP contribution >= 0.6 is 24.0 Å². The highest BCUT2D eigenvalue weighted by Gasteiger charge is 2.28. The van der Waals surface area contributed by atoms with Gasteiger partial charge in [0.05, 0.1) is 4.99 Å². The first kappa shape index (κ1) is 13.1. The average Bonchev–Trinajstić information content (AvgIpc) is 2.14. The molecule has 1 rings (SSSR count). The molecule has 0 saturated carbocycles. The van der Waals surface area contributed by atoms with Crippen molar-refractivity contribution in [3.63, 3.8) is 0 Å². The van der Waals surface area contributed by atoms with Crippen LogP contribution in [0, 0.1) is 0 Å². The summed E-state index contributed by atoms with van der Waals surface area (Å²) in [5.41, 5.74) is 1.74. The van der Waals surface area contributed by atoms with Gasteiger partial charge in [-0.15, -0.1) is 0 Å². The van der Waals surface area contributed by atoms with Crippen molar-refractivity contribution in [2.75, 3.05) is 0 Å². The van der Waals surface area contributed by atoms with Gasteiger partial charge in [-0.25, -0.2) is 0 Å². The molecule has 0 saturated heterocycles. The van der Waals surface area contributed by atoms with Gasteiger partial charge in [-0.2, -0.15) is 13.2 Å². The van der Waals surface area contributed by atoms with Gasteiger partial charge in [0.2, 0.25) is 0 Å². The molecular formula is C10H8F3NS2. The van der Waals surface area contributed by atoms with Crippen LogP contribution in [0.2, 0.25) is 0 Å². The Labute approximate surface area is 101 Å². The third-order valence-corrected chi connectivity index (χ3v) is 2.43. The summed E-state index contributed by atoms with van der Waals surface area (Å²) in [6.45, 7) is 0. The lowest BCUT2D eigenvalue weighted by Gasteiger charge is -2.05. The molecule has 1 aromatic carbocycles. The Balaban J connectivity index is 2.72. The van der Waals surface area contributed by atoms with E-state index in [0.717, 1.165) is 5.56 Å². The van der Waals surface area contributed by atoms with E-state index in [1.54, 1.807) is 18.2 Å². The fraction of sp³-hybridized carbons (Fsp3) is 0.100. The van der Waals surface area contributed by atoms with E-state index in [-0.39, 0.29) is 21.6 Å². The van der Waals surface area contributed by atoms with Crippen LogP contribution in [0.15, 0.2) is 35.2 Å². The molecule has 1 aromatic rings. The largest absolute Gasteiger partial charge is 0.446 e. The van der Waals surface area contributed by atoms with Crippen molar-refractivity contribution in [3.05, 3.63) is 35.9 Å². The lowest BCUT2D eigenvalue weighted by molar-refractivity contribution is -0.0328. The standard InChI is InChI=1S/C10H8F3NS2/c11-10(12,13)16-8-4-1-7(2-5-8)3-6-9(14)15/h1-6H,(H2,14,15)/b6-3+. The van der Waals surface area contributed by atoms with E-state index in [0.29, 0.717) is 0 Å². The first-order valence-corrected chi connectivity index (χ1v) is 5.42. The first-order chi connectivity index (χ1) is 7.37. The van der Waals surface area contributed by atoms with Crippen LogP contribution in [-0.4, -0.2) is 10.5 Å². The van der Waals surface area contributed by atoms with Gasteiger partial charge in [0.15, 0.2) is 0 Å². The maximum Gasteiger partial charge on any atom is 0.446 e. The minimum atomic E-state index is -4.25. The minimum absolute atomic E-state index is 0.141. The molecule has 0 fully saturated rings. The third-order valence-electron chi connectivity index (χ3n) is 1.55. The van der Waals surface area contributed by atoms with Gasteiger partial charge in [-0.05, 0) is 35.5 Å². The Hall–Kier alpha value is -1.01. The second-order valence-electron chi connectivity index (χ2n) is 2.85. The van der Waals surface area contributed by atoms with Crippen LogP contribution in [0.5, 0.6) is 0 Å². The number of halogens is 3. The van der Waals surface area contributed by atoms with Crippen LogP contribution in [0.4, 0.5) is 13.2 Å². The summed E-state index contributed by atoms with van der Waals surface area (Å²) in [4.78, 5) is 0.383. The summed E-state index contributed by atoms with van der Waals surface area (Å²) < 4.78 is 36.0. The summed E-state index contributed by atoms with van der Waals surface area (Å²) in [5.74, 6) is 0. The number of hydrogen-bond acceptors (Lipinski definition) is 2. The Bertz CT molecular complexity index is 396. The van der Waals surface area contributed by atoms with Gasteiger partial charge >= 0.3 is 5.51 Å². The zero-order valence-electron chi connectivity index (χ0n) is 7.99. The second kappa shape index (κ2) is 5.36. The number of hydrogen-bond donors (Lipinski definition) is 1. The van der Waals surface area contributed by atoms with Gasteiger partial charge in [0.25, 0.3) is 0 Å². The van der Waals surface area contributed by atoms with Crippen LogP contribution < -0.4 is 5.73 Å². The van der Waals surface area contributed by atoms with Crippen molar-refractivity contribution in [2.45, 2.75) is 10.4 Å². The molecule has 0 unspecified atom stereocenters. The van der Waals surface area contributed by atoms with Crippen LogP contribution in [0.3, 0.4) is 0 Å². The van der Waals surface area contributed by atoms with E-state index in [1.165, 1.54) is 18.2 Å². The quantitative estimate of drug-likeness (QED) is 0.512. The highest BCUT2D eigenvalue weighted by Crippen LogP contribution is 2.36. The van der Waals surface area contributed by atoms with Gasteiger partial charge in [-0.1, -0.05) is 30.4 Å². The maximum absolute atomic E-state index is 12.0. The molecule has 0 aliphatic carbocycles. The fourth-order valence-corrected chi connectivity index (χ4v) is 1.57. The zero-order chi connectivity index (χ0) is 12.2. The predicted octanol–water partition coefficient (Wildman–Crippen LogP) is 3.60. The fourth-order valence-electron chi connectivity index (χ4n) is 0.959. The van der Waals surface area contributed by atoms with Gasteiger partial charge in [-0.3, -0.25) is 0 Å². The lowest BCUT2D eigenvalue weighted by Crippen LogP contribution is -2.01. The summed E-state index contributed by atoms with van der Waals surface area (Å²) in [6.07, 6.45) is 3.16. The van der Waals surface area contributed by atoms with Gasteiger partial charge < -0.3 is 5.73 Å². The molecule has 6 heteroatoms. The zero-order valence-corrected chi connectivity index (χ0v) is 9.62. The molecule has 86 valence electrons. The molecule has 0 amide bonds. The molecule has 16 heavy (non-hydrogen) atoms. The van der Waals surface area contributed by atoms with E-state index in [9.17, 15) is 13.2 Å². The Kier molecular flexibility index (Phi) is 4.37. The SMILES string of the molecule is NC(=S)/C=C/c1ccc(SC(F)(F)F)cc1. The minimum Gasteiger partial charge on any atom is -0.390 e. The Morgan fingerprint density at radius 3 is 2.25 bits per heavy atom. The number of rotatable bonds is 3. The van der Waals surface area contributed by atoms with Crippen molar-refractivity contribution < 1.29 is 13.2 Å². The summed E-state index contributed by atoms with van der Waals surface area (Å²) in [5, 5.41) is 0. The highest BCUT2D eigenvalue weighted by molar-refractivity contribution is 8.00. The van der Waals surface area contributed by atoms with Crippen molar-refractivity contribution in [1.29, 1.82) is 0 Å². The smallest absolute Gasteiger partial charge is 0.390 e. The monoisotopic (exact) mass is 263 g/mol. The van der Waals surface area contributed by atoms with Crippen molar-refractivity contribution in [2.24, 2.45) is 5.73 Å². The summed E-state index contributed by atoms with van der Waals surface area (Å²) in [6, 6.07) is 5.94. The molecular weight excluding hydrogens is 255 g/mol. The molecule has 0 spiro atoms. The number of thioether (sulfide) groups is 1. The molecule has 0 bridgehead atoms. The molecule has 0 radical (unpaired) electrons. The van der Waals surface area contributed by atoms with E-state index >= 15 is 0 Å². The van der Waals surface area contributed by atoms with Crippen molar-refractivity contribution >= 4 is 35.0 Å². The molecule has 1 nitrogen and oxygen atoms in total. The molecule has 2 N–H and O–H groups in total. The van der Waals surface area contributed by atoms with E-state index in [4.69, 9.17) is 5.73 Å². The van der Waals surface area contributed by atoms with E-state index < -0.39 is 5.51 Å². The third kappa shape index (κ3) is 5.18. The molecule has 0 atom stereocenters. The second-order valence-corrected chi connectivity index (χ2v) is 4.46. The highest BCUT2D eigenvalue weighted by atomic mass is 32.2. The summed E-state index contributed by atoms with van der Waals surface area (Å²) in [7, 11) is 0. The van der Waals surface area contributed by atoms with Gasteiger partial charge in [0, 0.05) is 4.90 Å². The number of benzene rings is 1. The first-order valence-electron chi connectivity index (χ1n) is 4.20. The molecule has 0 aliphatic rings. The predicted molar refractivity (Wildman–Crippen MR) is 64.2 cm³/mol. The van der Waals surface area contributed by atoms with E-state index in [1.807, 2.05) is 0 Å². The van der Waals surface area contributed by atoms with Crippen LogP contribution in [0.25, 0.3) is 6.08 Å². The Morgan fingerprint density at radius 1 is 1.25 bits per heavy atom. The number of thiocarbonyl (C=S) groups is 1. The molecule has 0 aliphatic heterocycles. The number of alkyl halides is 3. The summed E-state index contributed by atoms with van der Waals surface area (Å²) >= 11 is 4.49. The number of nitrogens with two attached hydrogens (primary N) is 1. The van der Waals surface area contributed by atoms with Crippen LogP contribution in [0.1, 0.15) is 5.56 Å². The van der Waals surface area contributed by atoms with Gasteiger partial charge in [0.1, 0.15) is 0 Å². The average molecular weight is 263 g/mol.